The number of hydrogen-bond acceptors (Lipinski definition) is 2. The highest BCUT2D eigenvalue weighted by atomic mass is 19.4. The predicted molar refractivity (Wildman–Crippen MR) is 82.5 cm³/mol. The van der Waals surface area contributed by atoms with Crippen molar-refractivity contribution in [2.24, 2.45) is 0 Å². The zero-order valence-electron chi connectivity index (χ0n) is 13.4. The van der Waals surface area contributed by atoms with Gasteiger partial charge in [-0.25, -0.2) is 4.98 Å². The second-order valence-electron chi connectivity index (χ2n) is 6.65. The van der Waals surface area contributed by atoms with Crippen LogP contribution in [0.1, 0.15) is 36.1 Å². The van der Waals surface area contributed by atoms with Gasteiger partial charge in [0, 0.05) is 49.2 Å². The van der Waals surface area contributed by atoms with Gasteiger partial charge in [0.1, 0.15) is 5.65 Å². The monoisotopic (exact) mass is 337 g/mol. The first kappa shape index (κ1) is 15.5. The molecule has 0 bridgehead atoms. The molecule has 2 aromatic heterocycles. The number of carbonyl (C=O) groups is 1. The molecule has 0 N–H and O–H groups in total. The van der Waals surface area contributed by atoms with Gasteiger partial charge in [-0.05, 0) is 31.4 Å². The van der Waals surface area contributed by atoms with E-state index in [1.165, 1.54) is 6.07 Å². The van der Waals surface area contributed by atoms with Crippen LogP contribution in [-0.2, 0) is 23.9 Å². The lowest BCUT2D eigenvalue weighted by atomic mass is 10.00. The lowest BCUT2D eigenvalue weighted by molar-refractivity contribution is -0.137. The number of pyridine rings is 1. The van der Waals surface area contributed by atoms with Gasteiger partial charge in [0.2, 0.25) is 5.91 Å². The minimum atomic E-state index is -4.39. The highest BCUT2D eigenvalue weighted by Crippen LogP contribution is 2.35. The van der Waals surface area contributed by atoms with Crippen LogP contribution in [0.15, 0.2) is 12.3 Å². The molecule has 128 valence electrons. The Morgan fingerprint density at radius 3 is 2.75 bits per heavy atom. The predicted octanol–water partition coefficient (Wildman–Crippen LogP) is 3.30. The van der Waals surface area contributed by atoms with E-state index in [0.29, 0.717) is 30.4 Å². The van der Waals surface area contributed by atoms with Crippen LogP contribution < -0.4 is 0 Å². The minimum absolute atomic E-state index is 0.151. The maximum absolute atomic E-state index is 12.9. The number of carbonyl (C=O) groups excluding carboxylic acids is 1. The highest BCUT2D eigenvalue weighted by Gasteiger charge is 2.34. The molecule has 0 aliphatic carbocycles. The van der Waals surface area contributed by atoms with E-state index in [9.17, 15) is 18.0 Å². The zero-order chi connectivity index (χ0) is 17.1. The summed E-state index contributed by atoms with van der Waals surface area (Å²) >= 11 is 0. The van der Waals surface area contributed by atoms with Crippen molar-refractivity contribution < 1.29 is 18.0 Å². The van der Waals surface area contributed by atoms with Crippen LogP contribution in [-0.4, -0.2) is 32.9 Å². The zero-order valence-corrected chi connectivity index (χ0v) is 13.4. The first-order valence-corrected chi connectivity index (χ1v) is 8.20. The molecule has 2 aromatic rings. The molecule has 24 heavy (non-hydrogen) atoms. The fourth-order valence-electron chi connectivity index (χ4n) is 4.02. The van der Waals surface area contributed by atoms with E-state index >= 15 is 0 Å². The molecule has 1 saturated heterocycles. The van der Waals surface area contributed by atoms with Crippen molar-refractivity contribution in [3.63, 3.8) is 0 Å². The molecule has 1 amide bonds. The Balaban J connectivity index is 1.74. The Bertz CT molecular complexity index is 825. The molecule has 0 aromatic carbocycles. The maximum Gasteiger partial charge on any atom is 0.417 e. The van der Waals surface area contributed by atoms with Crippen molar-refractivity contribution in [3.05, 3.63) is 29.1 Å². The van der Waals surface area contributed by atoms with Crippen molar-refractivity contribution in [1.82, 2.24) is 14.5 Å². The smallest absolute Gasteiger partial charge is 0.339 e. The molecule has 2 aliphatic heterocycles. The quantitative estimate of drug-likeness (QED) is 0.801. The van der Waals surface area contributed by atoms with Gasteiger partial charge in [-0.3, -0.25) is 4.79 Å². The van der Waals surface area contributed by atoms with E-state index < -0.39 is 11.7 Å². The molecule has 1 unspecified atom stereocenters. The summed E-state index contributed by atoms with van der Waals surface area (Å²) in [5.41, 5.74) is 1.75. The fraction of sp³-hybridized carbons (Fsp3) is 0.529. The van der Waals surface area contributed by atoms with E-state index in [1.54, 1.807) is 0 Å². The second-order valence-corrected chi connectivity index (χ2v) is 6.65. The van der Waals surface area contributed by atoms with Crippen LogP contribution in [0.4, 0.5) is 13.2 Å². The standard InChI is InChI=1S/C17H18F3N3O/c1-10-13-7-11(17(18,19)20)9-21-16(13)23-6-4-12(8-14(10)23)22-5-2-3-15(22)24/h7,9,12H,2-6,8H2,1H3. The van der Waals surface area contributed by atoms with Crippen molar-refractivity contribution in [2.45, 2.75) is 51.4 Å². The second kappa shape index (κ2) is 5.22. The van der Waals surface area contributed by atoms with Gasteiger partial charge in [-0.1, -0.05) is 0 Å². The van der Waals surface area contributed by atoms with Gasteiger partial charge >= 0.3 is 6.18 Å². The average Bonchev–Trinajstić information content (AvgIpc) is 3.09. The number of rotatable bonds is 1. The SMILES string of the molecule is Cc1c2n(c3ncc(C(F)(F)F)cc13)CCC(N1CCCC1=O)C2. The van der Waals surface area contributed by atoms with E-state index in [0.717, 1.165) is 36.8 Å². The summed E-state index contributed by atoms with van der Waals surface area (Å²) in [4.78, 5) is 18.0. The van der Waals surface area contributed by atoms with Crippen molar-refractivity contribution >= 4 is 16.9 Å². The summed E-state index contributed by atoms with van der Waals surface area (Å²) in [7, 11) is 0. The van der Waals surface area contributed by atoms with Crippen LogP contribution in [0.25, 0.3) is 11.0 Å². The van der Waals surface area contributed by atoms with Crippen molar-refractivity contribution in [1.29, 1.82) is 0 Å². The van der Waals surface area contributed by atoms with E-state index in [4.69, 9.17) is 0 Å². The van der Waals surface area contributed by atoms with Crippen molar-refractivity contribution in [3.8, 4) is 0 Å². The summed E-state index contributed by atoms with van der Waals surface area (Å²) in [5, 5.41) is 0.563. The summed E-state index contributed by atoms with van der Waals surface area (Å²) in [5.74, 6) is 0.194. The molecule has 0 spiro atoms. The van der Waals surface area contributed by atoms with Gasteiger partial charge in [-0.15, -0.1) is 0 Å². The summed E-state index contributed by atoms with van der Waals surface area (Å²) in [6.07, 6.45) is -0.464. The Kier molecular flexibility index (Phi) is 3.37. The Morgan fingerprint density at radius 2 is 2.08 bits per heavy atom. The van der Waals surface area contributed by atoms with E-state index in [1.807, 2.05) is 16.4 Å². The topological polar surface area (TPSA) is 38.1 Å². The third kappa shape index (κ3) is 2.29. The number of likely N-dealkylation sites (tertiary alicyclic amines) is 1. The number of aryl methyl sites for hydroxylation is 2. The largest absolute Gasteiger partial charge is 0.417 e. The fourth-order valence-corrected chi connectivity index (χ4v) is 4.02. The number of alkyl halides is 3. The number of fused-ring (bicyclic) bond motifs is 3. The minimum Gasteiger partial charge on any atom is -0.339 e. The molecule has 0 saturated carbocycles. The van der Waals surface area contributed by atoms with Gasteiger partial charge in [0.25, 0.3) is 0 Å². The summed E-state index contributed by atoms with van der Waals surface area (Å²) in [6, 6.07) is 1.34. The third-order valence-corrected chi connectivity index (χ3v) is 5.28. The van der Waals surface area contributed by atoms with Crippen LogP contribution in [0.2, 0.25) is 0 Å². The molecule has 2 aliphatic rings. The molecule has 1 atom stereocenters. The van der Waals surface area contributed by atoms with E-state index in [-0.39, 0.29) is 11.9 Å². The van der Waals surface area contributed by atoms with Crippen LogP contribution in [0.3, 0.4) is 0 Å². The summed E-state index contributed by atoms with van der Waals surface area (Å²) < 4.78 is 40.9. The van der Waals surface area contributed by atoms with Crippen LogP contribution in [0.5, 0.6) is 0 Å². The third-order valence-electron chi connectivity index (χ3n) is 5.28. The van der Waals surface area contributed by atoms with Gasteiger partial charge in [0.15, 0.2) is 0 Å². The van der Waals surface area contributed by atoms with Crippen LogP contribution in [0, 0.1) is 6.92 Å². The molecule has 1 fully saturated rings. The Hall–Kier alpha value is -2.05. The molecule has 4 heterocycles. The first-order valence-electron chi connectivity index (χ1n) is 8.20. The lowest BCUT2D eigenvalue weighted by Crippen LogP contribution is -2.41. The number of hydrogen-bond donors (Lipinski definition) is 0. The molecule has 0 radical (unpaired) electrons. The Morgan fingerprint density at radius 1 is 1.29 bits per heavy atom. The summed E-state index contributed by atoms with van der Waals surface area (Å²) in [6.45, 7) is 3.33. The molecule has 4 rings (SSSR count). The normalized spacial score (nSPS) is 21.6. The lowest BCUT2D eigenvalue weighted by Gasteiger charge is -2.32. The average molecular weight is 337 g/mol. The van der Waals surface area contributed by atoms with Gasteiger partial charge in [-0.2, -0.15) is 13.2 Å². The molecule has 4 nitrogen and oxygen atoms in total. The maximum atomic E-state index is 12.9. The highest BCUT2D eigenvalue weighted by molar-refractivity contribution is 5.83. The van der Waals surface area contributed by atoms with E-state index in [2.05, 4.69) is 4.98 Å². The first-order chi connectivity index (χ1) is 11.4. The van der Waals surface area contributed by atoms with Gasteiger partial charge in [0.05, 0.1) is 5.56 Å². The number of amides is 1. The number of aromatic nitrogens is 2. The van der Waals surface area contributed by atoms with Crippen molar-refractivity contribution in [2.75, 3.05) is 6.54 Å². The Labute approximate surface area is 137 Å². The number of nitrogens with zero attached hydrogens (tertiary/aromatic N) is 3. The molecular weight excluding hydrogens is 319 g/mol. The number of halogens is 3. The molecular formula is C17H18F3N3O. The van der Waals surface area contributed by atoms with Crippen LogP contribution >= 0.6 is 0 Å². The molecule has 7 heteroatoms. The van der Waals surface area contributed by atoms with Gasteiger partial charge < -0.3 is 9.47 Å².